The van der Waals surface area contributed by atoms with Gasteiger partial charge in [-0.3, -0.25) is 14.5 Å². The number of nitrogens with zero attached hydrogens (tertiary/aromatic N) is 1. The number of aryl methyl sites for hydroxylation is 1. The normalized spacial score (nSPS) is 17.5. The van der Waals surface area contributed by atoms with Crippen molar-refractivity contribution in [2.75, 3.05) is 19.1 Å². The fourth-order valence-electron chi connectivity index (χ4n) is 3.82. The van der Waals surface area contributed by atoms with Gasteiger partial charge in [-0.05, 0) is 48.2 Å². The molecule has 2 heterocycles. The minimum absolute atomic E-state index is 0.0503. The summed E-state index contributed by atoms with van der Waals surface area (Å²) < 4.78 is 10.5. The predicted octanol–water partition coefficient (Wildman–Crippen LogP) is 6.01. The van der Waals surface area contributed by atoms with Crippen LogP contribution in [0.15, 0.2) is 53.4 Å². The topological polar surface area (TPSA) is 76.1 Å². The van der Waals surface area contributed by atoms with Gasteiger partial charge in [-0.15, -0.1) is 11.3 Å². The average molecular weight is 504 g/mol. The molecule has 170 valence electrons. The molecule has 1 aromatic heterocycles. The number of aliphatic hydroxyl groups is 1. The molecule has 1 amide bonds. The Balaban J connectivity index is 1.96. The fourth-order valence-corrected chi connectivity index (χ4v) is 5.49. The summed E-state index contributed by atoms with van der Waals surface area (Å²) in [5, 5.41) is 13.4. The van der Waals surface area contributed by atoms with Gasteiger partial charge in [0.15, 0.2) is 5.75 Å². The van der Waals surface area contributed by atoms with Crippen molar-refractivity contribution >= 4 is 57.7 Å². The van der Waals surface area contributed by atoms with E-state index in [1.807, 2.05) is 18.4 Å². The van der Waals surface area contributed by atoms with Crippen LogP contribution in [0.4, 0.5) is 5.69 Å². The van der Waals surface area contributed by atoms with Crippen LogP contribution in [-0.2, 0) is 9.59 Å². The number of ketones is 1. The minimum Gasteiger partial charge on any atom is -0.507 e. The molecule has 0 aliphatic carbocycles. The number of anilines is 1. The number of thiophene rings is 1. The summed E-state index contributed by atoms with van der Waals surface area (Å²) in [7, 11) is 2.94. The highest BCUT2D eigenvalue weighted by atomic mass is 35.5. The van der Waals surface area contributed by atoms with Gasteiger partial charge in [0.1, 0.15) is 17.6 Å². The third kappa shape index (κ3) is 3.97. The first kappa shape index (κ1) is 23.2. The average Bonchev–Trinajstić information content (AvgIpc) is 3.33. The lowest BCUT2D eigenvalue weighted by molar-refractivity contribution is -0.132. The summed E-state index contributed by atoms with van der Waals surface area (Å²) in [6.45, 7) is 1.89. The van der Waals surface area contributed by atoms with E-state index in [0.717, 1.165) is 10.4 Å². The molecule has 1 atom stereocenters. The number of carbonyl (C=O) groups is 2. The van der Waals surface area contributed by atoms with Gasteiger partial charge in [-0.1, -0.05) is 29.3 Å². The summed E-state index contributed by atoms with van der Waals surface area (Å²) in [5.41, 5.74) is 1.51. The Labute approximate surface area is 204 Å². The lowest BCUT2D eigenvalue weighted by Crippen LogP contribution is -2.29. The van der Waals surface area contributed by atoms with Gasteiger partial charge in [0.2, 0.25) is 0 Å². The maximum absolute atomic E-state index is 13.2. The molecule has 1 aliphatic heterocycles. The summed E-state index contributed by atoms with van der Waals surface area (Å²) in [6, 6.07) is 10.8. The number of ether oxygens (including phenoxy) is 2. The summed E-state index contributed by atoms with van der Waals surface area (Å²) in [4.78, 5) is 28.6. The van der Waals surface area contributed by atoms with Gasteiger partial charge in [0, 0.05) is 22.2 Å². The van der Waals surface area contributed by atoms with E-state index in [2.05, 4.69) is 0 Å². The highest BCUT2D eigenvalue weighted by molar-refractivity contribution is 7.10. The van der Waals surface area contributed by atoms with Gasteiger partial charge in [-0.25, -0.2) is 0 Å². The molecule has 1 aliphatic rings. The summed E-state index contributed by atoms with van der Waals surface area (Å²) in [5.74, 6) is -1.16. The number of Topliss-reactive ketones (excluding diaryl/α,β-unsaturated/α-hetero) is 1. The Kier molecular flexibility index (Phi) is 6.38. The zero-order chi connectivity index (χ0) is 23.9. The van der Waals surface area contributed by atoms with Crippen molar-refractivity contribution in [3.63, 3.8) is 0 Å². The van der Waals surface area contributed by atoms with Crippen LogP contribution in [0.25, 0.3) is 5.76 Å². The number of aliphatic hydroxyl groups excluding tert-OH is 1. The molecular weight excluding hydrogens is 485 g/mol. The number of hydrogen-bond acceptors (Lipinski definition) is 6. The van der Waals surface area contributed by atoms with Crippen molar-refractivity contribution in [1.29, 1.82) is 0 Å². The van der Waals surface area contributed by atoms with Crippen LogP contribution in [0.5, 0.6) is 11.5 Å². The van der Waals surface area contributed by atoms with E-state index in [-0.39, 0.29) is 32.7 Å². The number of methoxy groups -OCH3 is 2. The lowest BCUT2D eigenvalue weighted by Gasteiger charge is -2.25. The SMILES string of the molecule is COc1cccc(N2C(=O)C(=O)/C(=C(\O)c3cc(Cl)c(OC)c(Cl)c3)C2c2sccc2C)c1. The first-order valence-corrected chi connectivity index (χ1v) is 11.4. The highest BCUT2D eigenvalue weighted by Crippen LogP contribution is 2.46. The largest absolute Gasteiger partial charge is 0.507 e. The van der Waals surface area contributed by atoms with Crippen LogP contribution < -0.4 is 14.4 Å². The molecule has 1 N–H and O–H groups in total. The number of benzene rings is 2. The number of carbonyl (C=O) groups excluding carboxylic acids is 2. The number of halogens is 2. The Morgan fingerprint density at radius 1 is 1.06 bits per heavy atom. The molecule has 2 aromatic carbocycles. The van der Waals surface area contributed by atoms with E-state index in [1.165, 1.54) is 42.6 Å². The van der Waals surface area contributed by atoms with Crippen molar-refractivity contribution in [2.24, 2.45) is 0 Å². The second kappa shape index (κ2) is 9.09. The number of rotatable bonds is 5. The van der Waals surface area contributed by atoms with E-state index in [1.54, 1.807) is 24.3 Å². The molecule has 1 saturated heterocycles. The van der Waals surface area contributed by atoms with Crippen LogP contribution in [0.2, 0.25) is 10.0 Å². The third-order valence-corrected chi connectivity index (χ3v) is 7.03. The quantitative estimate of drug-likeness (QED) is 0.262. The fraction of sp³-hybridized carbons (Fsp3) is 0.167. The van der Waals surface area contributed by atoms with E-state index in [4.69, 9.17) is 32.7 Å². The second-order valence-corrected chi connectivity index (χ2v) is 9.07. The molecule has 0 radical (unpaired) electrons. The molecule has 6 nitrogen and oxygen atoms in total. The lowest BCUT2D eigenvalue weighted by atomic mass is 9.98. The van der Waals surface area contributed by atoms with E-state index in [0.29, 0.717) is 11.4 Å². The monoisotopic (exact) mass is 503 g/mol. The summed E-state index contributed by atoms with van der Waals surface area (Å²) in [6.07, 6.45) is 0. The number of hydrogen-bond donors (Lipinski definition) is 1. The molecule has 3 aromatic rings. The molecule has 1 unspecified atom stereocenters. The third-order valence-electron chi connectivity index (χ3n) is 5.40. The van der Waals surface area contributed by atoms with Crippen molar-refractivity contribution in [1.82, 2.24) is 0 Å². The van der Waals surface area contributed by atoms with Gasteiger partial charge >= 0.3 is 0 Å². The molecule has 0 spiro atoms. The molecule has 1 fully saturated rings. The molecule has 9 heteroatoms. The first-order valence-electron chi connectivity index (χ1n) is 9.81. The standard InChI is InChI=1S/C24H19Cl2NO5S/c1-12-7-8-33-23(12)19-18(20(28)13-9-16(25)22(32-3)17(26)10-13)21(29)24(30)27(19)14-5-4-6-15(11-14)31-2/h4-11,19,28H,1-3H3/b20-18-. The Morgan fingerprint density at radius 2 is 1.76 bits per heavy atom. The summed E-state index contributed by atoms with van der Waals surface area (Å²) >= 11 is 13.9. The van der Waals surface area contributed by atoms with Crippen molar-refractivity contribution in [3.8, 4) is 11.5 Å². The molecular formula is C24H19Cl2NO5S. The van der Waals surface area contributed by atoms with E-state index < -0.39 is 17.7 Å². The Morgan fingerprint density at radius 3 is 2.33 bits per heavy atom. The molecule has 0 bridgehead atoms. The van der Waals surface area contributed by atoms with Gasteiger partial charge in [0.25, 0.3) is 11.7 Å². The van der Waals surface area contributed by atoms with Crippen LogP contribution in [0, 0.1) is 6.92 Å². The molecule has 33 heavy (non-hydrogen) atoms. The van der Waals surface area contributed by atoms with Crippen LogP contribution in [0.3, 0.4) is 0 Å². The van der Waals surface area contributed by atoms with Crippen LogP contribution >= 0.6 is 34.5 Å². The zero-order valence-corrected chi connectivity index (χ0v) is 20.2. The highest BCUT2D eigenvalue weighted by Gasteiger charge is 2.48. The van der Waals surface area contributed by atoms with Crippen molar-refractivity contribution in [2.45, 2.75) is 13.0 Å². The molecule has 4 rings (SSSR count). The van der Waals surface area contributed by atoms with Crippen LogP contribution in [0.1, 0.15) is 22.0 Å². The minimum atomic E-state index is -0.836. The van der Waals surface area contributed by atoms with E-state index in [9.17, 15) is 14.7 Å². The van der Waals surface area contributed by atoms with Gasteiger partial charge in [-0.2, -0.15) is 0 Å². The zero-order valence-electron chi connectivity index (χ0n) is 17.9. The van der Waals surface area contributed by atoms with Gasteiger partial charge < -0.3 is 14.6 Å². The smallest absolute Gasteiger partial charge is 0.300 e. The van der Waals surface area contributed by atoms with Crippen molar-refractivity contribution in [3.05, 3.63) is 79.5 Å². The molecule has 0 saturated carbocycles. The van der Waals surface area contributed by atoms with Crippen LogP contribution in [-0.4, -0.2) is 31.0 Å². The maximum atomic E-state index is 13.2. The van der Waals surface area contributed by atoms with Crippen molar-refractivity contribution < 1.29 is 24.2 Å². The first-order chi connectivity index (χ1) is 15.8. The maximum Gasteiger partial charge on any atom is 0.300 e. The van der Waals surface area contributed by atoms with E-state index >= 15 is 0 Å². The number of amides is 1. The second-order valence-electron chi connectivity index (χ2n) is 7.31. The predicted molar refractivity (Wildman–Crippen MR) is 130 cm³/mol. The Hall–Kier alpha value is -3.00. The van der Waals surface area contributed by atoms with Gasteiger partial charge in [0.05, 0.1) is 29.8 Å². The Bertz CT molecular complexity index is 1280.